The summed E-state index contributed by atoms with van der Waals surface area (Å²) < 4.78 is 4.47. The van der Waals surface area contributed by atoms with E-state index in [0.29, 0.717) is 0 Å². The lowest BCUT2D eigenvalue weighted by atomic mass is 10.2. The lowest BCUT2D eigenvalue weighted by Crippen LogP contribution is -1.98. The summed E-state index contributed by atoms with van der Waals surface area (Å²) in [6, 6.07) is 33.9. The minimum absolute atomic E-state index is 0.972. The molecule has 3 aromatic carbocycles. The predicted molar refractivity (Wildman–Crippen MR) is 131 cm³/mol. The van der Waals surface area contributed by atoms with Crippen molar-refractivity contribution in [2.24, 2.45) is 0 Å². The van der Waals surface area contributed by atoms with Crippen LogP contribution in [0.3, 0.4) is 0 Å². The Hall–Kier alpha value is -4.44. The van der Waals surface area contributed by atoms with Crippen LogP contribution < -0.4 is 0 Å². The Labute approximate surface area is 184 Å². The SMILES string of the molecule is c1ccc2c(c1)c1cccnc1n2-c1ccc(-n2c3ccccc3c3cccnc32)cc1. The fourth-order valence-corrected chi connectivity index (χ4v) is 4.87. The van der Waals surface area contributed by atoms with E-state index in [0.717, 1.165) is 33.7 Å². The van der Waals surface area contributed by atoms with Gasteiger partial charge in [0.05, 0.1) is 11.0 Å². The zero-order chi connectivity index (χ0) is 21.1. The smallest absolute Gasteiger partial charge is 0.145 e. The Morgan fingerprint density at radius 2 is 0.812 bits per heavy atom. The summed E-state index contributed by atoms with van der Waals surface area (Å²) in [6.07, 6.45) is 3.71. The minimum Gasteiger partial charge on any atom is -0.294 e. The van der Waals surface area contributed by atoms with E-state index in [9.17, 15) is 0 Å². The zero-order valence-electron chi connectivity index (χ0n) is 17.2. The molecule has 0 atom stereocenters. The standard InChI is InChI=1S/C28H18N4/c1-3-11-25-21(7-1)23-9-5-17-29-27(23)31(25)19-13-15-20(16-14-19)32-26-12-4-2-8-22(26)24-10-6-18-30-28(24)32/h1-18H. The van der Waals surface area contributed by atoms with Crippen molar-refractivity contribution in [2.75, 3.05) is 0 Å². The summed E-state index contributed by atoms with van der Waals surface area (Å²) in [5, 5.41) is 4.76. The highest BCUT2D eigenvalue weighted by molar-refractivity contribution is 6.08. The lowest BCUT2D eigenvalue weighted by Gasteiger charge is -2.10. The first kappa shape index (κ1) is 17.3. The Morgan fingerprint density at radius 3 is 1.28 bits per heavy atom. The second-order valence-corrected chi connectivity index (χ2v) is 7.97. The minimum atomic E-state index is 0.972. The number of hydrogen-bond donors (Lipinski definition) is 0. The molecule has 0 N–H and O–H groups in total. The van der Waals surface area contributed by atoms with Crippen molar-refractivity contribution in [1.29, 1.82) is 0 Å². The summed E-state index contributed by atoms with van der Waals surface area (Å²) >= 11 is 0. The van der Waals surface area contributed by atoms with E-state index in [1.807, 2.05) is 24.5 Å². The Balaban J connectivity index is 1.47. The molecule has 150 valence electrons. The van der Waals surface area contributed by atoms with Crippen molar-refractivity contribution in [3.8, 4) is 11.4 Å². The number of nitrogens with zero attached hydrogens (tertiary/aromatic N) is 4. The molecule has 4 aromatic heterocycles. The van der Waals surface area contributed by atoms with Crippen LogP contribution in [0, 0.1) is 0 Å². The maximum atomic E-state index is 4.70. The molecule has 7 aromatic rings. The first-order valence-electron chi connectivity index (χ1n) is 10.7. The van der Waals surface area contributed by atoms with Gasteiger partial charge >= 0.3 is 0 Å². The van der Waals surface area contributed by atoms with Gasteiger partial charge < -0.3 is 0 Å². The van der Waals surface area contributed by atoms with E-state index in [4.69, 9.17) is 9.97 Å². The van der Waals surface area contributed by atoms with Gasteiger partial charge in [-0.3, -0.25) is 9.13 Å². The van der Waals surface area contributed by atoms with E-state index in [-0.39, 0.29) is 0 Å². The number of fused-ring (bicyclic) bond motifs is 6. The molecule has 0 aliphatic heterocycles. The molecule has 0 bridgehead atoms. The molecule has 0 unspecified atom stereocenters. The summed E-state index contributed by atoms with van der Waals surface area (Å²) in [5.74, 6) is 0. The van der Waals surface area contributed by atoms with Gasteiger partial charge in [0.15, 0.2) is 0 Å². The predicted octanol–water partition coefficient (Wildman–Crippen LogP) is 6.67. The summed E-state index contributed by atoms with van der Waals surface area (Å²) in [7, 11) is 0. The van der Waals surface area contributed by atoms with Crippen molar-refractivity contribution >= 4 is 43.9 Å². The van der Waals surface area contributed by atoms with Crippen LogP contribution in [0.5, 0.6) is 0 Å². The van der Waals surface area contributed by atoms with Crippen molar-refractivity contribution in [3.05, 3.63) is 109 Å². The number of rotatable bonds is 2. The van der Waals surface area contributed by atoms with Gasteiger partial charge in [0.25, 0.3) is 0 Å². The molecule has 4 heterocycles. The van der Waals surface area contributed by atoms with Gasteiger partial charge in [-0.1, -0.05) is 36.4 Å². The van der Waals surface area contributed by atoms with Gasteiger partial charge in [-0.15, -0.1) is 0 Å². The molecule has 0 aliphatic carbocycles. The number of pyridine rings is 2. The van der Waals surface area contributed by atoms with Crippen molar-refractivity contribution in [2.45, 2.75) is 0 Å². The zero-order valence-corrected chi connectivity index (χ0v) is 17.2. The molecule has 0 saturated carbocycles. The molecule has 4 heteroatoms. The molecule has 0 saturated heterocycles. The Morgan fingerprint density at radius 1 is 0.406 bits per heavy atom. The molecule has 0 fully saturated rings. The number of hydrogen-bond acceptors (Lipinski definition) is 2. The van der Waals surface area contributed by atoms with Gasteiger partial charge in [-0.2, -0.15) is 0 Å². The van der Waals surface area contributed by atoms with Crippen LogP contribution in [-0.2, 0) is 0 Å². The molecular formula is C28H18N4. The number of benzene rings is 3. The van der Waals surface area contributed by atoms with Gasteiger partial charge in [0.1, 0.15) is 11.3 Å². The second-order valence-electron chi connectivity index (χ2n) is 7.97. The quantitative estimate of drug-likeness (QED) is 0.319. The summed E-state index contributed by atoms with van der Waals surface area (Å²) in [6.45, 7) is 0. The molecule has 0 aliphatic rings. The molecule has 0 spiro atoms. The van der Waals surface area contributed by atoms with Crippen LogP contribution in [0.25, 0.3) is 55.2 Å². The third kappa shape index (κ3) is 2.32. The molecule has 4 nitrogen and oxygen atoms in total. The van der Waals surface area contributed by atoms with Crippen LogP contribution in [0.4, 0.5) is 0 Å². The van der Waals surface area contributed by atoms with E-state index in [1.54, 1.807) is 0 Å². The highest BCUT2D eigenvalue weighted by Gasteiger charge is 2.15. The first-order valence-corrected chi connectivity index (χ1v) is 10.7. The fraction of sp³-hybridized carbons (Fsp3) is 0. The van der Waals surface area contributed by atoms with Crippen molar-refractivity contribution in [3.63, 3.8) is 0 Å². The average molecular weight is 410 g/mol. The average Bonchev–Trinajstić information content (AvgIpc) is 3.38. The van der Waals surface area contributed by atoms with Crippen LogP contribution >= 0.6 is 0 Å². The summed E-state index contributed by atoms with van der Waals surface area (Å²) in [4.78, 5) is 9.39. The third-order valence-corrected chi connectivity index (χ3v) is 6.23. The summed E-state index contributed by atoms with van der Waals surface area (Å²) in [5.41, 5.74) is 6.44. The maximum absolute atomic E-state index is 4.70. The van der Waals surface area contributed by atoms with E-state index in [1.165, 1.54) is 21.5 Å². The first-order chi connectivity index (χ1) is 15.9. The van der Waals surface area contributed by atoms with Crippen LogP contribution in [-0.4, -0.2) is 19.1 Å². The van der Waals surface area contributed by atoms with Crippen LogP contribution in [0.15, 0.2) is 109 Å². The van der Waals surface area contributed by atoms with Crippen LogP contribution in [0.2, 0.25) is 0 Å². The monoisotopic (exact) mass is 410 g/mol. The molecule has 32 heavy (non-hydrogen) atoms. The number of aromatic nitrogens is 4. The molecule has 0 radical (unpaired) electrons. The Kier molecular flexibility index (Phi) is 3.52. The fourth-order valence-electron chi connectivity index (χ4n) is 4.87. The van der Waals surface area contributed by atoms with Gasteiger partial charge in [0.2, 0.25) is 0 Å². The molecular weight excluding hydrogens is 392 g/mol. The van der Waals surface area contributed by atoms with Gasteiger partial charge in [0, 0.05) is 45.3 Å². The normalized spacial score (nSPS) is 11.8. The molecule has 7 rings (SSSR count). The van der Waals surface area contributed by atoms with Gasteiger partial charge in [-0.25, -0.2) is 9.97 Å². The molecule has 0 amide bonds. The largest absolute Gasteiger partial charge is 0.294 e. The van der Waals surface area contributed by atoms with Crippen molar-refractivity contribution < 1.29 is 0 Å². The van der Waals surface area contributed by atoms with E-state index < -0.39 is 0 Å². The van der Waals surface area contributed by atoms with Crippen LogP contribution in [0.1, 0.15) is 0 Å². The van der Waals surface area contributed by atoms with Gasteiger partial charge in [-0.05, 0) is 60.7 Å². The number of para-hydroxylation sites is 2. The second kappa shape index (κ2) is 6.53. The topological polar surface area (TPSA) is 35.6 Å². The highest BCUT2D eigenvalue weighted by atomic mass is 15.1. The maximum Gasteiger partial charge on any atom is 0.145 e. The lowest BCUT2D eigenvalue weighted by molar-refractivity contribution is 1.11. The van der Waals surface area contributed by atoms with Crippen molar-refractivity contribution in [1.82, 2.24) is 19.1 Å². The Bertz CT molecular complexity index is 1530. The highest BCUT2D eigenvalue weighted by Crippen LogP contribution is 2.33. The van der Waals surface area contributed by atoms with E-state index >= 15 is 0 Å². The van der Waals surface area contributed by atoms with E-state index in [2.05, 4.69) is 94.1 Å². The third-order valence-electron chi connectivity index (χ3n) is 6.23.